The molecule has 1 aromatic heterocycles. The number of benzene rings is 1. The fourth-order valence-electron chi connectivity index (χ4n) is 1.59. The number of aryl methyl sites for hydroxylation is 1. The van der Waals surface area contributed by atoms with Crippen LogP contribution in [0.5, 0.6) is 0 Å². The van der Waals surface area contributed by atoms with Crippen LogP contribution in [0.4, 0.5) is 5.69 Å². The van der Waals surface area contributed by atoms with Crippen LogP contribution in [-0.4, -0.2) is 9.97 Å². The lowest BCUT2D eigenvalue weighted by molar-refractivity contribution is 1.16. The van der Waals surface area contributed by atoms with Crippen LogP contribution in [0.15, 0.2) is 28.9 Å². The Bertz CT molecular complexity index is 580. The molecule has 0 fully saturated rings. The van der Waals surface area contributed by atoms with Gasteiger partial charge in [-0.1, -0.05) is 18.3 Å². The van der Waals surface area contributed by atoms with Gasteiger partial charge in [0.05, 0.1) is 11.6 Å². The Labute approximate surface area is 124 Å². The molecular weight excluding hydrogens is 330 g/mol. The summed E-state index contributed by atoms with van der Waals surface area (Å²) >= 11 is 10.2. The summed E-state index contributed by atoms with van der Waals surface area (Å²) in [4.78, 5) is 5.78. The van der Waals surface area contributed by atoms with Crippen molar-refractivity contribution in [1.29, 1.82) is 0 Å². The number of rotatable bonds is 4. The third kappa shape index (κ3) is 3.07. The molecule has 18 heavy (non-hydrogen) atoms. The molecule has 0 atom stereocenters. The molecule has 2 rings (SSSR count). The number of nitrogens with zero attached hydrogens (tertiary/aromatic N) is 1. The Balaban J connectivity index is 2.19. The average Bonchev–Trinajstić information content (AvgIpc) is 2.72. The van der Waals surface area contributed by atoms with Crippen LogP contribution < -0.4 is 11.1 Å². The molecule has 0 amide bonds. The lowest BCUT2D eigenvalue weighted by Crippen LogP contribution is -2.13. The van der Waals surface area contributed by atoms with E-state index in [9.17, 15) is 0 Å². The fraction of sp³-hybridized carbons (Fsp3) is 0.167. The number of halogens is 1. The van der Waals surface area contributed by atoms with Crippen LogP contribution in [-0.2, 0) is 6.54 Å². The van der Waals surface area contributed by atoms with Gasteiger partial charge < -0.3 is 11.1 Å². The number of nitrogens with one attached hydrogen (secondary N) is 1. The van der Waals surface area contributed by atoms with Crippen molar-refractivity contribution >= 4 is 50.2 Å². The molecule has 3 N–H and O–H groups in total. The van der Waals surface area contributed by atoms with Crippen molar-refractivity contribution in [1.82, 2.24) is 4.98 Å². The molecule has 0 aliphatic rings. The summed E-state index contributed by atoms with van der Waals surface area (Å²) in [6, 6.07) is 5.84. The molecule has 0 aliphatic carbocycles. The van der Waals surface area contributed by atoms with Crippen LogP contribution in [0.1, 0.15) is 15.4 Å². The van der Waals surface area contributed by atoms with Crippen molar-refractivity contribution in [3.8, 4) is 0 Å². The summed E-state index contributed by atoms with van der Waals surface area (Å²) in [5.74, 6) is 0. The van der Waals surface area contributed by atoms with Crippen molar-refractivity contribution in [2.24, 2.45) is 5.73 Å². The van der Waals surface area contributed by atoms with E-state index in [4.69, 9.17) is 18.0 Å². The van der Waals surface area contributed by atoms with Crippen molar-refractivity contribution in [3.05, 3.63) is 44.3 Å². The second-order valence-corrected chi connectivity index (χ2v) is 6.34. The van der Waals surface area contributed by atoms with Crippen molar-refractivity contribution in [2.75, 3.05) is 5.32 Å². The van der Waals surface area contributed by atoms with E-state index in [1.54, 1.807) is 11.3 Å². The Hall–Kier alpha value is -0.980. The monoisotopic (exact) mass is 341 g/mol. The summed E-state index contributed by atoms with van der Waals surface area (Å²) in [7, 11) is 0. The van der Waals surface area contributed by atoms with Gasteiger partial charge >= 0.3 is 0 Å². The molecule has 0 spiro atoms. The zero-order valence-corrected chi connectivity index (χ0v) is 13.0. The van der Waals surface area contributed by atoms with E-state index >= 15 is 0 Å². The van der Waals surface area contributed by atoms with Gasteiger partial charge in [0, 0.05) is 26.8 Å². The lowest BCUT2D eigenvalue weighted by atomic mass is 10.2. The summed E-state index contributed by atoms with van der Waals surface area (Å²) in [6.45, 7) is 2.71. The predicted molar refractivity (Wildman–Crippen MR) is 84.2 cm³/mol. The molecule has 2 aromatic rings. The van der Waals surface area contributed by atoms with Gasteiger partial charge in [-0.25, -0.2) is 4.98 Å². The van der Waals surface area contributed by atoms with Crippen molar-refractivity contribution in [2.45, 2.75) is 13.5 Å². The van der Waals surface area contributed by atoms with Crippen LogP contribution >= 0.6 is 39.5 Å². The van der Waals surface area contributed by atoms with Gasteiger partial charge in [0.25, 0.3) is 0 Å². The molecule has 1 aromatic carbocycles. The molecule has 3 nitrogen and oxygen atoms in total. The van der Waals surface area contributed by atoms with E-state index in [-0.39, 0.29) is 0 Å². The zero-order valence-electron chi connectivity index (χ0n) is 9.74. The topological polar surface area (TPSA) is 50.9 Å². The molecule has 0 bridgehead atoms. The Morgan fingerprint density at radius 3 is 2.94 bits per heavy atom. The number of thiocarbonyl (C=S) groups is 1. The van der Waals surface area contributed by atoms with E-state index < -0.39 is 0 Å². The molecule has 6 heteroatoms. The van der Waals surface area contributed by atoms with E-state index in [0.717, 1.165) is 27.3 Å². The van der Waals surface area contributed by atoms with E-state index in [1.165, 1.54) is 4.88 Å². The maximum atomic E-state index is 5.74. The molecular formula is C12H12BrN3S2. The van der Waals surface area contributed by atoms with Gasteiger partial charge in [-0.15, -0.1) is 11.3 Å². The number of hydrogen-bond donors (Lipinski definition) is 2. The quantitative estimate of drug-likeness (QED) is 0.836. The number of nitrogens with two attached hydrogens (primary N) is 1. The minimum Gasteiger partial charge on any atom is -0.389 e. The highest BCUT2D eigenvalue weighted by Gasteiger charge is 2.09. The van der Waals surface area contributed by atoms with Crippen LogP contribution in [0.3, 0.4) is 0 Å². The third-order valence-corrected chi connectivity index (χ3v) is 4.16. The predicted octanol–water partition coefficient (Wildman–Crippen LogP) is 3.46. The number of thiazole rings is 1. The van der Waals surface area contributed by atoms with E-state index in [0.29, 0.717) is 4.99 Å². The van der Waals surface area contributed by atoms with Gasteiger partial charge in [-0.05, 0) is 35.0 Å². The molecule has 0 radical (unpaired) electrons. The second kappa shape index (κ2) is 5.77. The average molecular weight is 342 g/mol. The van der Waals surface area contributed by atoms with Crippen LogP contribution in [0.2, 0.25) is 0 Å². The van der Waals surface area contributed by atoms with Crippen LogP contribution in [0.25, 0.3) is 0 Å². The minimum absolute atomic E-state index is 0.380. The Kier molecular flexibility index (Phi) is 4.31. The molecule has 0 saturated heterocycles. The molecule has 94 valence electrons. The molecule has 1 heterocycles. The third-order valence-electron chi connectivity index (χ3n) is 2.38. The number of aromatic nitrogens is 1. The van der Waals surface area contributed by atoms with Gasteiger partial charge in [-0.3, -0.25) is 0 Å². The first-order valence-corrected chi connectivity index (χ1v) is 7.33. The summed E-state index contributed by atoms with van der Waals surface area (Å²) < 4.78 is 0.903. The molecule has 0 saturated carbocycles. The zero-order chi connectivity index (χ0) is 13.1. The summed E-state index contributed by atoms with van der Waals surface area (Å²) in [5, 5.41) is 4.40. The van der Waals surface area contributed by atoms with Gasteiger partial charge in [0.1, 0.15) is 4.99 Å². The molecule has 0 aliphatic heterocycles. The highest BCUT2D eigenvalue weighted by molar-refractivity contribution is 9.10. The van der Waals surface area contributed by atoms with E-state index in [1.807, 2.05) is 31.3 Å². The highest BCUT2D eigenvalue weighted by atomic mass is 79.9. The first-order chi connectivity index (χ1) is 8.58. The molecule has 0 unspecified atom stereocenters. The number of anilines is 1. The maximum absolute atomic E-state index is 5.74. The standard InChI is InChI=1S/C12H12BrN3S2/c1-7-15-5-8(18-7)6-16-10-4-2-3-9(13)11(10)12(14)17/h2-5,16H,6H2,1H3,(H2,14,17). The fourth-order valence-corrected chi connectivity index (χ4v) is 3.26. The smallest absolute Gasteiger partial charge is 0.107 e. The Morgan fingerprint density at radius 1 is 1.56 bits per heavy atom. The number of hydrogen-bond acceptors (Lipinski definition) is 4. The normalized spacial score (nSPS) is 10.3. The SMILES string of the molecule is Cc1ncc(CNc2cccc(Br)c2C(N)=S)s1. The van der Waals surface area contributed by atoms with Gasteiger partial charge in [0.2, 0.25) is 0 Å². The minimum atomic E-state index is 0.380. The summed E-state index contributed by atoms with van der Waals surface area (Å²) in [5.41, 5.74) is 7.51. The second-order valence-electron chi connectivity index (χ2n) is 3.73. The lowest BCUT2D eigenvalue weighted by Gasteiger charge is -2.11. The highest BCUT2D eigenvalue weighted by Crippen LogP contribution is 2.25. The largest absolute Gasteiger partial charge is 0.389 e. The summed E-state index contributed by atoms with van der Waals surface area (Å²) in [6.07, 6.45) is 1.88. The Morgan fingerprint density at radius 2 is 2.33 bits per heavy atom. The maximum Gasteiger partial charge on any atom is 0.107 e. The van der Waals surface area contributed by atoms with E-state index in [2.05, 4.69) is 26.2 Å². The first kappa shape index (κ1) is 13.5. The van der Waals surface area contributed by atoms with Crippen molar-refractivity contribution in [3.63, 3.8) is 0 Å². The van der Waals surface area contributed by atoms with Gasteiger partial charge in [-0.2, -0.15) is 0 Å². The first-order valence-electron chi connectivity index (χ1n) is 5.31. The van der Waals surface area contributed by atoms with Crippen molar-refractivity contribution < 1.29 is 0 Å². The van der Waals surface area contributed by atoms with Gasteiger partial charge in [0.15, 0.2) is 0 Å². The van der Waals surface area contributed by atoms with Crippen LogP contribution in [0, 0.1) is 6.92 Å².